The van der Waals surface area contributed by atoms with E-state index in [4.69, 9.17) is 9.84 Å². The number of ether oxygens (including phenoxy) is 1. The number of nitrogens with zero attached hydrogens (tertiary/aromatic N) is 1. The van der Waals surface area contributed by atoms with Crippen molar-refractivity contribution < 1.29 is 19.4 Å². The Morgan fingerprint density at radius 1 is 1.42 bits per heavy atom. The second-order valence-corrected chi connectivity index (χ2v) is 4.34. The van der Waals surface area contributed by atoms with Crippen LogP contribution in [0.5, 0.6) is 5.75 Å². The fourth-order valence-corrected chi connectivity index (χ4v) is 2.17. The summed E-state index contributed by atoms with van der Waals surface area (Å²) in [4.78, 5) is 24.4. The van der Waals surface area contributed by atoms with Crippen molar-refractivity contribution >= 4 is 11.9 Å². The summed E-state index contributed by atoms with van der Waals surface area (Å²) in [5.41, 5.74) is 1.52. The van der Waals surface area contributed by atoms with Crippen molar-refractivity contribution in [3.63, 3.8) is 0 Å². The van der Waals surface area contributed by atoms with Gasteiger partial charge in [0.1, 0.15) is 5.75 Å². The first-order valence-electron chi connectivity index (χ1n) is 5.90. The first kappa shape index (κ1) is 13.1. The lowest BCUT2D eigenvalue weighted by molar-refractivity contribution is -0.134. The van der Waals surface area contributed by atoms with E-state index in [0.29, 0.717) is 18.0 Å². The number of hydrogen-bond acceptors (Lipinski definition) is 3. The normalized spacial score (nSPS) is 15.1. The highest BCUT2D eigenvalue weighted by Gasteiger charge is 2.31. The predicted octanol–water partition coefficient (Wildman–Crippen LogP) is 1.79. The summed E-state index contributed by atoms with van der Waals surface area (Å²) in [6, 6.07) is 7.38. The molecule has 19 heavy (non-hydrogen) atoms. The van der Waals surface area contributed by atoms with E-state index in [1.165, 1.54) is 4.90 Å². The van der Waals surface area contributed by atoms with Crippen molar-refractivity contribution in [2.24, 2.45) is 0 Å². The van der Waals surface area contributed by atoms with E-state index < -0.39 is 5.97 Å². The molecule has 2 rings (SSSR count). The topological polar surface area (TPSA) is 66.8 Å². The zero-order valence-corrected chi connectivity index (χ0v) is 10.8. The summed E-state index contributed by atoms with van der Waals surface area (Å²) in [6.45, 7) is 1.98. The van der Waals surface area contributed by atoms with Crippen LogP contribution >= 0.6 is 0 Å². The Morgan fingerprint density at radius 2 is 2.11 bits per heavy atom. The Morgan fingerprint density at radius 3 is 2.68 bits per heavy atom. The molecule has 1 aliphatic rings. The van der Waals surface area contributed by atoms with E-state index >= 15 is 0 Å². The fourth-order valence-electron chi connectivity index (χ4n) is 2.17. The molecule has 0 aliphatic carbocycles. The monoisotopic (exact) mass is 261 g/mol. The second-order valence-electron chi connectivity index (χ2n) is 4.34. The molecule has 1 N–H and O–H groups in total. The number of carbonyl (C=O) groups is 2. The average Bonchev–Trinajstić information content (AvgIpc) is 2.67. The summed E-state index contributed by atoms with van der Waals surface area (Å²) < 4.78 is 5.23. The van der Waals surface area contributed by atoms with Crippen LogP contribution in [-0.4, -0.2) is 29.0 Å². The molecule has 1 amide bonds. The van der Waals surface area contributed by atoms with Crippen LogP contribution in [0, 0.1) is 0 Å². The van der Waals surface area contributed by atoms with Gasteiger partial charge in [-0.2, -0.15) is 0 Å². The molecule has 0 radical (unpaired) electrons. The molecule has 0 saturated carbocycles. The number of allylic oxidation sites excluding steroid dienone is 1. The molecule has 0 aromatic heterocycles. The van der Waals surface area contributed by atoms with E-state index in [1.807, 2.05) is 24.3 Å². The summed E-state index contributed by atoms with van der Waals surface area (Å²) in [6.07, 6.45) is -0.0453. The van der Waals surface area contributed by atoms with Crippen LogP contribution in [0.1, 0.15) is 18.9 Å². The van der Waals surface area contributed by atoms with E-state index in [2.05, 4.69) is 0 Å². The highest BCUT2D eigenvalue weighted by molar-refractivity contribution is 5.99. The highest BCUT2D eigenvalue weighted by atomic mass is 16.5. The third kappa shape index (κ3) is 2.45. The van der Waals surface area contributed by atoms with Crippen LogP contribution in [0.4, 0.5) is 0 Å². The lowest BCUT2D eigenvalue weighted by Gasteiger charge is -2.19. The zero-order valence-electron chi connectivity index (χ0n) is 10.8. The molecule has 100 valence electrons. The number of rotatable bonds is 4. The van der Waals surface area contributed by atoms with E-state index in [1.54, 1.807) is 14.0 Å². The maximum absolute atomic E-state index is 11.9. The van der Waals surface area contributed by atoms with Gasteiger partial charge in [-0.3, -0.25) is 4.79 Å². The zero-order chi connectivity index (χ0) is 14.0. The van der Waals surface area contributed by atoms with Gasteiger partial charge >= 0.3 is 5.97 Å². The molecule has 1 heterocycles. The van der Waals surface area contributed by atoms with Gasteiger partial charge in [0.25, 0.3) is 0 Å². The Labute approximate surface area is 111 Å². The molecule has 0 spiro atoms. The maximum atomic E-state index is 11.9. The van der Waals surface area contributed by atoms with E-state index in [9.17, 15) is 9.59 Å². The van der Waals surface area contributed by atoms with Gasteiger partial charge in [0.05, 0.1) is 25.6 Å². The molecular formula is C14H15NO4. The van der Waals surface area contributed by atoms with Crippen LogP contribution in [0.2, 0.25) is 0 Å². The second kappa shape index (κ2) is 5.14. The standard InChI is InChI=1S/C14H15NO4/c1-9-11(14(17)18)7-13(16)15(9)8-10-5-3-4-6-12(10)19-2/h3-6H,7-8H2,1-2H3,(H,17,18). The van der Waals surface area contributed by atoms with Gasteiger partial charge in [-0.25, -0.2) is 4.79 Å². The Bertz CT molecular complexity index is 562. The molecule has 1 aliphatic heterocycles. The van der Waals surface area contributed by atoms with Gasteiger partial charge < -0.3 is 14.7 Å². The number of hydrogen-bond donors (Lipinski definition) is 1. The molecule has 5 nitrogen and oxygen atoms in total. The molecule has 1 aromatic rings. The molecule has 1 aromatic carbocycles. The minimum absolute atomic E-state index is 0.0453. The van der Waals surface area contributed by atoms with Gasteiger partial charge in [-0.05, 0) is 13.0 Å². The first-order chi connectivity index (χ1) is 9.04. The molecular weight excluding hydrogens is 246 g/mol. The highest BCUT2D eigenvalue weighted by Crippen LogP contribution is 2.28. The number of carboxylic acids is 1. The number of benzene rings is 1. The summed E-state index contributed by atoms with van der Waals surface area (Å²) in [5.74, 6) is -0.541. The van der Waals surface area contributed by atoms with Gasteiger partial charge in [0, 0.05) is 11.3 Å². The fraction of sp³-hybridized carbons (Fsp3) is 0.286. The number of carbonyl (C=O) groups excluding carboxylic acids is 1. The summed E-state index contributed by atoms with van der Waals surface area (Å²) in [7, 11) is 1.57. The van der Waals surface area contributed by atoms with Gasteiger partial charge in [0.15, 0.2) is 0 Å². The summed E-state index contributed by atoms with van der Waals surface area (Å²) >= 11 is 0. The minimum Gasteiger partial charge on any atom is -0.496 e. The maximum Gasteiger partial charge on any atom is 0.333 e. The molecule has 0 atom stereocenters. The van der Waals surface area contributed by atoms with Gasteiger partial charge in [0.2, 0.25) is 5.91 Å². The van der Waals surface area contributed by atoms with Crippen LogP contribution < -0.4 is 4.74 Å². The number of aliphatic carboxylic acids is 1. The van der Waals surface area contributed by atoms with Crippen LogP contribution in [-0.2, 0) is 16.1 Å². The van der Waals surface area contributed by atoms with Crippen molar-refractivity contribution in [3.8, 4) is 5.75 Å². The molecule has 0 unspecified atom stereocenters. The third-order valence-corrected chi connectivity index (χ3v) is 3.25. The number of para-hydroxylation sites is 1. The molecule has 0 bridgehead atoms. The van der Waals surface area contributed by atoms with E-state index in [-0.39, 0.29) is 17.9 Å². The minimum atomic E-state index is -1.03. The predicted molar refractivity (Wildman–Crippen MR) is 68.5 cm³/mol. The average molecular weight is 261 g/mol. The van der Waals surface area contributed by atoms with Crippen molar-refractivity contribution in [1.29, 1.82) is 0 Å². The quantitative estimate of drug-likeness (QED) is 0.897. The number of carboxylic acid groups (broad SMARTS) is 1. The lowest BCUT2D eigenvalue weighted by Crippen LogP contribution is -2.23. The van der Waals surface area contributed by atoms with E-state index in [0.717, 1.165) is 5.56 Å². The Kier molecular flexibility index (Phi) is 3.55. The molecule has 0 saturated heterocycles. The number of amides is 1. The third-order valence-electron chi connectivity index (χ3n) is 3.25. The first-order valence-corrected chi connectivity index (χ1v) is 5.90. The SMILES string of the molecule is COc1ccccc1CN1C(=O)CC(C(=O)O)=C1C. The van der Waals surface area contributed by atoms with Crippen LogP contribution in [0.25, 0.3) is 0 Å². The smallest absolute Gasteiger partial charge is 0.333 e. The molecule has 0 fully saturated rings. The Hall–Kier alpha value is -2.30. The largest absolute Gasteiger partial charge is 0.496 e. The van der Waals surface area contributed by atoms with Crippen molar-refractivity contribution in [3.05, 3.63) is 41.1 Å². The summed E-state index contributed by atoms with van der Waals surface area (Å²) in [5, 5.41) is 9.02. The van der Waals surface area contributed by atoms with Crippen molar-refractivity contribution in [1.82, 2.24) is 4.90 Å². The lowest BCUT2D eigenvalue weighted by atomic mass is 10.2. The van der Waals surface area contributed by atoms with Crippen LogP contribution in [0.15, 0.2) is 35.5 Å². The van der Waals surface area contributed by atoms with Crippen molar-refractivity contribution in [2.45, 2.75) is 19.9 Å². The molecule has 5 heteroatoms. The Balaban J connectivity index is 2.28. The van der Waals surface area contributed by atoms with Gasteiger partial charge in [-0.15, -0.1) is 0 Å². The number of methoxy groups -OCH3 is 1. The van der Waals surface area contributed by atoms with Crippen LogP contribution in [0.3, 0.4) is 0 Å². The van der Waals surface area contributed by atoms with Gasteiger partial charge in [-0.1, -0.05) is 18.2 Å². The van der Waals surface area contributed by atoms with Crippen molar-refractivity contribution in [2.75, 3.05) is 7.11 Å².